The fourth-order valence-electron chi connectivity index (χ4n) is 3.27. The fourth-order valence-corrected chi connectivity index (χ4v) is 3.27. The van der Waals surface area contributed by atoms with Crippen molar-refractivity contribution in [2.45, 2.75) is 38.5 Å². The number of hydrogen-bond donors (Lipinski definition) is 2. The van der Waals surface area contributed by atoms with Crippen LogP contribution in [-0.4, -0.2) is 70.0 Å². The summed E-state index contributed by atoms with van der Waals surface area (Å²) in [5, 5.41) is 6.72. The van der Waals surface area contributed by atoms with Gasteiger partial charge in [-0.3, -0.25) is 9.89 Å². The Morgan fingerprint density at radius 1 is 1.20 bits per heavy atom. The molecule has 6 nitrogen and oxygen atoms in total. The van der Waals surface area contributed by atoms with Gasteiger partial charge in [0.25, 0.3) is 0 Å². The van der Waals surface area contributed by atoms with E-state index in [0.29, 0.717) is 32.9 Å². The van der Waals surface area contributed by atoms with Crippen LogP contribution in [0.4, 0.5) is 13.2 Å². The van der Waals surface area contributed by atoms with Gasteiger partial charge < -0.3 is 20.1 Å². The van der Waals surface area contributed by atoms with E-state index in [0.717, 1.165) is 56.1 Å². The van der Waals surface area contributed by atoms with Crippen LogP contribution in [0.25, 0.3) is 0 Å². The molecule has 170 valence electrons. The van der Waals surface area contributed by atoms with E-state index in [4.69, 9.17) is 9.47 Å². The number of halogens is 3. The highest BCUT2D eigenvalue weighted by molar-refractivity contribution is 5.80. The van der Waals surface area contributed by atoms with Gasteiger partial charge in [0.2, 0.25) is 0 Å². The van der Waals surface area contributed by atoms with Gasteiger partial charge in [-0.25, -0.2) is 0 Å². The van der Waals surface area contributed by atoms with E-state index in [2.05, 4.69) is 20.5 Å². The number of benzene rings is 1. The Kier molecular flexibility index (Phi) is 10.4. The second-order valence-corrected chi connectivity index (χ2v) is 7.28. The van der Waals surface area contributed by atoms with E-state index in [-0.39, 0.29) is 6.04 Å². The third-order valence-corrected chi connectivity index (χ3v) is 4.79. The molecule has 1 fully saturated rings. The Labute approximate surface area is 176 Å². The summed E-state index contributed by atoms with van der Waals surface area (Å²) < 4.78 is 48.5. The van der Waals surface area contributed by atoms with Gasteiger partial charge in [-0.1, -0.05) is 12.1 Å². The highest BCUT2D eigenvalue weighted by Crippen LogP contribution is 2.29. The molecule has 0 amide bonds. The molecule has 0 radical (unpaired) electrons. The number of guanidine groups is 1. The summed E-state index contributed by atoms with van der Waals surface area (Å²) in [5.74, 6) is 0.788. The average molecular weight is 431 g/mol. The van der Waals surface area contributed by atoms with Crippen molar-refractivity contribution in [3.05, 3.63) is 35.4 Å². The highest BCUT2D eigenvalue weighted by Gasteiger charge is 2.30. The number of alkyl halides is 3. The zero-order chi connectivity index (χ0) is 21.8. The lowest BCUT2D eigenvalue weighted by atomic mass is 10.1. The number of aliphatic imine (C=N–C) groups is 1. The van der Waals surface area contributed by atoms with Crippen molar-refractivity contribution in [2.24, 2.45) is 4.99 Å². The standard InChI is InChI=1S/C21H33F3N4O2/c1-3-25-20(26-10-4-12-30-14-13-29-2)27-19-9-11-28(16-19)15-17-5-7-18(8-6-17)21(22,23)24/h5-8,19H,3-4,9-16H2,1-2H3,(H2,25,26,27). The molecule has 9 heteroatoms. The third-order valence-electron chi connectivity index (χ3n) is 4.79. The lowest BCUT2D eigenvalue weighted by Gasteiger charge is -2.19. The van der Waals surface area contributed by atoms with Gasteiger partial charge in [0.05, 0.1) is 18.8 Å². The minimum atomic E-state index is -4.29. The summed E-state index contributed by atoms with van der Waals surface area (Å²) in [6, 6.07) is 5.68. The Bertz CT molecular complexity index is 638. The van der Waals surface area contributed by atoms with Crippen molar-refractivity contribution < 1.29 is 22.6 Å². The predicted octanol–water partition coefficient (Wildman–Crippen LogP) is 2.89. The molecule has 1 aromatic rings. The molecule has 1 aliphatic heterocycles. The number of rotatable bonds is 11. The Balaban J connectivity index is 1.75. The van der Waals surface area contributed by atoms with Gasteiger partial charge in [-0.15, -0.1) is 0 Å². The van der Waals surface area contributed by atoms with Crippen LogP contribution in [0.1, 0.15) is 30.9 Å². The second-order valence-electron chi connectivity index (χ2n) is 7.28. The lowest BCUT2D eigenvalue weighted by molar-refractivity contribution is -0.137. The molecule has 1 heterocycles. The molecule has 0 bridgehead atoms. The number of nitrogens with one attached hydrogen (secondary N) is 2. The summed E-state index contributed by atoms with van der Waals surface area (Å²) >= 11 is 0. The highest BCUT2D eigenvalue weighted by atomic mass is 19.4. The van der Waals surface area contributed by atoms with Gasteiger partial charge in [-0.2, -0.15) is 13.2 Å². The largest absolute Gasteiger partial charge is 0.416 e. The molecular formula is C21H33F3N4O2. The van der Waals surface area contributed by atoms with Gasteiger partial charge in [0.15, 0.2) is 5.96 Å². The van der Waals surface area contributed by atoms with E-state index in [1.165, 1.54) is 0 Å². The van der Waals surface area contributed by atoms with Crippen molar-refractivity contribution in [3.63, 3.8) is 0 Å². The van der Waals surface area contributed by atoms with Gasteiger partial charge >= 0.3 is 6.18 Å². The van der Waals surface area contributed by atoms with E-state index < -0.39 is 11.7 Å². The molecule has 30 heavy (non-hydrogen) atoms. The number of likely N-dealkylation sites (tertiary alicyclic amines) is 1. The van der Waals surface area contributed by atoms with Crippen LogP contribution in [0, 0.1) is 0 Å². The second kappa shape index (κ2) is 12.8. The molecule has 0 saturated carbocycles. The van der Waals surface area contributed by atoms with E-state index in [1.54, 1.807) is 19.2 Å². The summed E-state index contributed by atoms with van der Waals surface area (Å²) in [5.41, 5.74) is 0.278. The SMILES string of the molecule is CCNC(=NCCCOCCOC)NC1CCN(Cc2ccc(C(F)(F)F)cc2)C1. The first kappa shape index (κ1) is 24.4. The molecule has 1 saturated heterocycles. The Morgan fingerprint density at radius 3 is 2.63 bits per heavy atom. The monoisotopic (exact) mass is 430 g/mol. The summed E-state index contributed by atoms with van der Waals surface area (Å²) in [7, 11) is 1.65. The number of methoxy groups -OCH3 is 1. The molecule has 0 aromatic heterocycles. The zero-order valence-electron chi connectivity index (χ0n) is 17.8. The number of ether oxygens (including phenoxy) is 2. The molecule has 1 aliphatic rings. The minimum Gasteiger partial charge on any atom is -0.382 e. The molecule has 2 N–H and O–H groups in total. The van der Waals surface area contributed by atoms with Crippen LogP contribution < -0.4 is 10.6 Å². The normalized spacial score (nSPS) is 18.0. The van der Waals surface area contributed by atoms with E-state index >= 15 is 0 Å². The van der Waals surface area contributed by atoms with Crippen LogP contribution >= 0.6 is 0 Å². The quantitative estimate of drug-likeness (QED) is 0.321. The fraction of sp³-hybridized carbons (Fsp3) is 0.667. The first-order chi connectivity index (χ1) is 14.4. The third kappa shape index (κ3) is 8.89. The van der Waals surface area contributed by atoms with Gasteiger partial charge in [0, 0.05) is 52.5 Å². The Hall–Kier alpha value is -1.84. The average Bonchev–Trinajstić information content (AvgIpc) is 3.14. The van der Waals surface area contributed by atoms with Crippen molar-refractivity contribution in [3.8, 4) is 0 Å². The van der Waals surface area contributed by atoms with Crippen LogP contribution in [-0.2, 0) is 22.2 Å². The van der Waals surface area contributed by atoms with Gasteiger partial charge in [-0.05, 0) is 37.5 Å². The first-order valence-electron chi connectivity index (χ1n) is 10.4. The molecule has 1 aromatic carbocycles. The predicted molar refractivity (Wildman–Crippen MR) is 112 cm³/mol. The van der Waals surface area contributed by atoms with Crippen molar-refractivity contribution in [1.82, 2.24) is 15.5 Å². The topological polar surface area (TPSA) is 58.1 Å². The van der Waals surface area contributed by atoms with Crippen LogP contribution in [0.2, 0.25) is 0 Å². The molecule has 2 rings (SSSR count). The molecule has 0 aliphatic carbocycles. The van der Waals surface area contributed by atoms with E-state index in [9.17, 15) is 13.2 Å². The lowest BCUT2D eigenvalue weighted by Crippen LogP contribution is -2.44. The zero-order valence-corrected chi connectivity index (χ0v) is 17.8. The van der Waals surface area contributed by atoms with Crippen LogP contribution in [0.3, 0.4) is 0 Å². The summed E-state index contributed by atoms with van der Waals surface area (Å²) in [4.78, 5) is 6.84. The molecule has 1 unspecified atom stereocenters. The maximum Gasteiger partial charge on any atom is 0.416 e. The van der Waals surface area contributed by atoms with Crippen LogP contribution in [0.15, 0.2) is 29.3 Å². The van der Waals surface area contributed by atoms with Crippen molar-refractivity contribution >= 4 is 5.96 Å². The number of nitrogens with zero attached hydrogens (tertiary/aromatic N) is 2. The molecular weight excluding hydrogens is 397 g/mol. The Morgan fingerprint density at radius 2 is 1.97 bits per heavy atom. The maximum absolute atomic E-state index is 12.7. The summed E-state index contributed by atoms with van der Waals surface area (Å²) in [6.45, 7) is 7.67. The smallest absolute Gasteiger partial charge is 0.382 e. The van der Waals surface area contributed by atoms with Crippen molar-refractivity contribution in [1.29, 1.82) is 0 Å². The maximum atomic E-state index is 12.7. The number of hydrogen-bond acceptors (Lipinski definition) is 4. The van der Waals surface area contributed by atoms with Crippen LogP contribution in [0.5, 0.6) is 0 Å². The first-order valence-corrected chi connectivity index (χ1v) is 10.4. The van der Waals surface area contributed by atoms with E-state index in [1.807, 2.05) is 6.92 Å². The van der Waals surface area contributed by atoms with Crippen molar-refractivity contribution in [2.75, 3.05) is 53.1 Å². The molecule has 0 spiro atoms. The molecule has 1 atom stereocenters. The summed E-state index contributed by atoms with van der Waals surface area (Å²) in [6.07, 6.45) is -2.49. The minimum absolute atomic E-state index is 0.259. The van der Waals surface area contributed by atoms with Gasteiger partial charge in [0.1, 0.15) is 0 Å².